The summed E-state index contributed by atoms with van der Waals surface area (Å²) < 4.78 is 5.33. The number of rotatable bonds is 5. The maximum atomic E-state index is 12.5. The Morgan fingerprint density at radius 1 is 0.893 bits per heavy atom. The van der Waals surface area contributed by atoms with Gasteiger partial charge in [0.25, 0.3) is 0 Å². The van der Waals surface area contributed by atoms with E-state index in [-0.39, 0.29) is 5.91 Å². The summed E-state index contributed by atoms with van der Waals surface area (Å²) in [5, 5.41) is 0.863. The van der Waals surface area contributed by atoms with Gasteiger partial charge in [0, 0.05) is 18.7 Å². The second-order valence-electron chi connectivity index (χ2n) is 6.59. The van der Waals surface area contributed by atoms with Gasteiger partial charge in [0.1, 0.15) is 0 Å². The zero-order valence-corrected chi connectivity index (χ0v) is 16.4. The number of carbonyl (C=O) groups is 1. The summed E-state index contributed by atoms with van der Waals surface area (Å²) >= 11 is 1.50. The largest absolute Gasteiger partial charge is 0.378 e. The van der Waals surface area contributed by atoms with Gasteiger partial charge in [-0.3, -0.25) is 4.79 Å². The molecule has 4 rings (SSSR count). The van der Waals surface area contributed by atoms with Crippen LogP contribution in [0.1, 0.15) is 0 Å². The van der Waals surface area contributed by atoms with Crippen LogP contribution < -0.4 is 0 Å². The maximum absolute atomic E-state index is 12.5. The van der Waals surface area contributed by atoms with E-state index in [1.807, 2.05) is 41.3 Å². The summed E-state index contributed by atoms with van der Waals surface area (Å²) in [6, 6.07) is 24.6. The fourth-order valence-electron chi connectivity index (χ4n) is 3.17. The van der Waals surface area contributed by atoms with Gasteiger partial charge in [0.05, 0.1) is 29.7 Å². The Morgan fingerprint density at radius 2 is 1.54 bits per heavy atom. The van der Waals surface area contributed by atoms with E-state index in [9.17, 15) is 4.79 Å². The number of thioether (sulfide) groups is 1. The second kappa shape index (κ2) is 9.04. The van der Waals surface area contributed by atoms with Crippen LogP contribution in [0.4, 0.5) is 0 Å². The summed E-state index contributed by atoms with van der Waals surface area (Å²) in [6.07, 6.45) is 0. The highest BCUT2D eigenvalue weighted by Gasteiger charge is 2.17. The lowest BCUT2D eigenvalue weighted by atomic mass is 10.0. The van der Waals surface area contributed by atoms with Crippen molar-refractivity contribution < 1.29 is 9.53 Å². The zero-order chi connectivity index (χ0) is 19.2. The number of hydrogen-bond donors (Lipinski definition) is 0. The Hall–Kier alpha value is -2.63. The van der Waals surface area contributed by atoms with Crippen molar-refractivity contribution in [3.05, 3.63) is 72.8 Å². The first-order valence-electron chi connectivity index (χ1n) is 9.41. The van der Waals surface area contributed by atoms with Gasteiger partial charge < -0.3 is 9.64 Å². The lowest BCUT2D eigenvalue weighted by molar-refractivity contribution is -0.132. The van der Waals surface area contributed by atoms with Crippen LogP contribution in [-0.2, 0) is 9.53 Å². The van der Waals surface area contributed by atoms with Crippen LogP contribution in [0.15, 0.2) is 77.8 Å². The number of benzene rings is 2. The number of amides is 1. The summed E-state index contributed by atoms with van der Waals surface area (Å²) in [4.78, 5) is 19.2. The van der Waals surface area contributed by atoms with E-state index >= 15 is 0 Å². The summed E-state index contributed by atoms with van der Waals surface area (Å²) in [6.45, 7) is 2.59. The molecule has 0 atom stereocenters. The standard InChI is InChI=1S/C23H22N2O2S/c26-23(25-11-13-27-14-12-25)17-28-22-16-20(18-7-3-1-4-8-18)15-21(24-22)19-9-5-2-6-10-19/h1-10,15-16H,11-14,17H2. The third kappa shape index (κ3) is 4.61. The third-order valence-corrected chi connectivity index (χ3v) is 5.58. The topological polar surface area (TPSA) is 42.4 Å². The molecule has 4 nitrogen and oxygen atoms in total. The molecule has 1 saturated heterocycles. The van der Waals surface area contributed by atoms with Crippen LogP contribution in [0.5, 0.6) is 0 Å². The smallest absolute Gasteiger partial charge is 0.233 e. The van der Waals surface area contributed by atoms with Gasteiger partial charge in [-0.1, -0.05) is 72.4 Å². The van der Waals surface area contributed by atoms with Crippen LogP contribution in [0.3, 0.4) is 0 Å². The number of hydrogen-bond acceptors (Lipinski definition) is 4. The molecule has 142 valence electrons. The molecule has 0 spiro atoms. The van der Waals surface area contributed by atoms with Crippen LogP contribution in [-0.4, -0.2) is 47.8 Å². The molecule has 2 aromatic carbocycles. The minimum absolute atomic E-state index is 0.140. The molecule has 0 radical (unpaired) electrons. The van der Waals surface area contributed by atoms with Crippen LogP contribution >= 0.6 is 11.8 Å². The van der Waals surface area contributed by atoms with Crippen molar-refractivity contribution in [3.63, 3.8) is 0 Å². The molecule has 28 heavy (non-hydrogen) atoms. The molecule has 1 aliphatic heterocycles. The van der Waals surface area contributed by atoms with E-state index in [1.54, 1.807) is 0 Å². The van der Waals surface area contributed by atoms with Gasteiger partial charge in [-0.25, -0.2) is 4.98 Å². The molecule has 3 aromatic rings. The lowest BCUT2D eigenvalue weighted by Gasteiger charge is -2.26. The molecule has 1 aliphatic rings. The average Bonchev–Trinajstić information content (AvgIpc) is 2.79. The number of aromatic nitrogens is 1. The molecule has 0 unspecified atom stereocenters. The van der Waals surface area contributed by atoms with E-state index in [2.05, 4.69) is 36.4 Å². The first kappa shape index (κ1) is 18.7. The molecular weight excluding hydrogens is 368 g/mol. The number of ether oxygens (including phenoxy) is 1. The summed E-state index contributed by atoms with van der Waals surface area (Å²) in [5.74, 6) is 0.529. The first-order valence-corrected chi connectivity index (χ1v) is 10.4. The maximum Gasteiger partial charge on any atom is 0.233 e. The monoisotopic (exact) mass is 390 g/mol. The number of carbonyl (C=O) groups excluding carboxylic acids is 1. The minimum atomic E-state index is 0.140. The number of pyridine rings is 1. The quantitative estimate of drug-likeness (QED) is 0.607. The number of nitrogens with zero attached hydrogens (tertiary/aromatic N) is 2. The SMILES string of the molecule is O=C(CSc1cc(-c2ccccc2)cc(-c2ccccc2)n1)N1CCOCC1. The molecule has 0 saturated carbocycles. The van der Waals surface area contributed by atoms with Gasteiger partial charge in [0.2, 0.25) is 5.91 Å². The van der Waals surface area contributed by atoms with Gasteiger partial charge in [0.15, 0.2) is 0 Å². The highest BCUT2D eigenvalue weighted by molar-refractivity contribution is 7.99. The van der Waals surface area contributed by atoms with Crippen molar-refractivity contribution in [1.29, 1.82) is 0 Å². The van der Waals surface area contributed by atoms with E-state index in [0.29, 0.717) is 32.1 Å². The van der Waals surface area contributed by atoms with E-state index in [0.717, 1.165) is 27.4 Å². The van der Waals surface area contributed by atoms with Crippen molar-refractivity contribution >= 4 is 17.7 Å². The van der Waals surface area contributed by atoms with Crippen LogP contribution in [0.25, 0.3) is 22.4 Å². The lowest BCUT2D eigenvalue weighted by Crippen LogP contribution is -2.41. The molecular formula is C23H22N2O2S. The highest BCUT2D eigenvalue weighted by Crippen LogP contribution is 2.29. The predicted octanol–water partition coefficient (Wildman–Crippen LogP) is 4.37. The Labute approximate surface area is 169 Å². The van der Waals surface area contributed by atoms with Crippen molar-refractivity contribution in [2.24, 2.45) is 0 Å². The van der Waals surface area contributed by atoms with Gasteiger partial charge in [-0.2, -0.15) is 0 Å². The summed E-state index contributed by atoms with van der Waals surface area (Å²) in [7, 11) is 0. The second-order valence-corrected chi connectivity index (χ2v) is 7.59. The number of morpholine rings is 1. The zero-order valence-electron chi connectivity index (χ0n) is 15.6. The Balaban J connectivity index is 1.59. The molecule has 0 aliphatic carbocycles. The van der Waals surface area contributed by atoms with Crippen molar-refractivity contribution in [2.45, 2.75) is 5.03 Å². The molecule has 0 N–H and O–H groups in total. The highest BCUT2D eigenvalue weighted by atomic mass is 32.2. The third-order valence-electron chi connectivity index (χ3n) is 4.69. The van der Waals surface area contributed by atoms with Crippen LogP contribution in [0.2, 0.25) is 0 Å². The molecule has 1 fully saturated rings. The molecule has 1 amide bonds. The average molecular weight is 391 g/mol. The fourth-order valence-corrected chi connectivity index (χ4v) is 4.00. The first-order chi connectivity index (χ1) is 13.8. The Kier molecular flexibility index (Phi) is 6.04. The molecule has 5 heteroatoms. The molecule has 1 aromatic heterocycles. The molecule has 2 heterocycles. The Bertz CT molecular complexity index is 868. The van der Waals surface area contributed by atoms with Gasteiger partial charge in [-0.15, -0.1) is 0 Å². The van der Waals surface area contributed by atoms with Gasteiger partial charge in [-0.05, 0) is 23.3 Å². The van der Waals surface area contributed by atoms with E-state index in [1.165, 1.54) is 11.8 Å². The van der Waals surface area contributed by atoms with E-state index in [4.69, 9.17) is 9.72 Å². The molecule has 0 bridgehead atoms. The van der Waals surface area contributed by atoms with E-state index < -0.39 is 0 Å². The van der Waals surface area contributed by atoms with Crippen molar-refractivity contribution in [1.82, 2.24) is 9.88 Å². The Morgan fingerprint density at radius 3 is 2.21 bits per heavy atom. The van der Waals surface area contributed by atoms with Crippen molar-refractivity contribution in [2.75, 3.05) is 32.1 Å². The van der Waals surface area contributed by atoms with Crippen LogP contribution in [0, 0.1) is 0 Å². The normalized spacial score (nSPS) is 14.1. The fraction of sp³-hybridized carbons (Fsp3) is 0.217. The predicted molar refractivity (Wildman–Crippen MR) is 113 cm³/mol. The summed E-state index contributed by atoms with van der Waals surface area (Å²) in [5.41, 5.74) is 4.24. The van der Waals surface area contributed by atoms with Crippen molar-refractivity contribution in [3.8, 4) is 22.4 Å². The minimum Gasteiger partial charge on any atom is -0.378 e. The van der Waals surface area contributed by atoms with Gasteiger partial charge >= 0.3 is 0 Å².